The molecule has 13 heavy (non-hydrogen) atoms. The van der Waals surface area contributed by atoms with Crippen molar-refractivity contribution in [1.29, 1.82) is 0 Å². The van der Waals surface area contributed by atoms with Crippen LogP contribution in [0.2, 0.25) is 0 Å². The molecule has 1 aliphatic rings. The van der Waals surface area contributed by atoms with Crippen LogP contribution in [-0.2, 0) is 0 Å². The lowest BCUT2D eigenvalue weighted by Gasteiger charge is -2.12. The molecule has 1 aliphatic carbocycles. The third-order valence-electron chi connectivity index (χ3n) is 2.91. The molecule has 1 aromatic carbocycles. The zero-order chi connectivity index (χ0) is 9.26. The Morgan fingerprint density at radius 3 is 2.62 bits per heavy atom. The largest absolute Gasteiger partial charge is 0.506 e. The molecule has 0 atom stereocenters. The molecular formula is C11H15NO. The number of hydrogen-bond acceptors (Lipinski definition) is 2. The van der Waals surface area contributed by atoms with Gasteiger partial charge in [-0.25, -0.2) is 0 Å². The molecule has 3 N–H and O–H groups in total. The predicted octanol–water partition coefficient (Wildman–Crippen LogP) is 2.63. The summed E-state index contributed by atoms with van der Waals surface area (Å²) in [4.78, 5) is 0. The maximum absolute atomic E-state index is 9.44. The van der Waals surface area contributed by atoms with Crippen molar-refractivity contribution in [3.05, 3.63) is 23.8 Å². The van der Waals surface area contributed by atoms with E-state index in [0.29, 0.717) is 11.6 Å². The molecule has 1 saturated carbocycles. The summed E-state index contributed by atoms with van der Waals surface area (Å²) >= 11 is 0. The van der Waals surface area contributed by atoms with Crippen LogP contribution in [0.1, 0.15) is 37.2 Å². The number of benzene rings is 1. The lowest BCUT2D eigenvalue weighted by molar-refractivity contribution is 0.476. The third kappa shape index (κ3) is 1.48. The van der Waals surface area contributed by atoms with Crippen LogP contribution in [-0.4, -0.2) is 5.11 Å². The van der Waals surface area contributed by atoms with Gasteiger partial charge in [0.15, 0.2) is 0 Å². The van der Waals surface area contributed by atoms with Crippen molar-refractivity contribution in [3.63, 3.8) is 0 Å². The Balaban J connectivity index is 2.33. The number of hydrogen-bond donors (Lipinski definition) is 2. The summed E-state index contributed by atoms with van der Waals surface area (Å²) in [6.45, 7) is 0. The molecule has 1 fully saturated rings. The minimum Gasteiger partial charge on any atom is -0.506 e. The maximum Gasteiger partial charge on any atom is 0.138 e. The normalized spacial score (nSPS) is 17.8. The van der Waals surface area contributed by atoms with Gasteiger partial charge in [-0.2, -0.15) is 0 Å². The zero-order valence-electron chi connectivity index (χ0n) is 7.66. The lowest BCUT2D eigenvalue weighted by Crippen LogP contribution is -1.98. The van der Waals surface area contributed by atoms with E-state index in [9.17, 15) is 5.11 Å². The fraction of sp³-hybridized carbons (Fsp3) is 0.455. The first kappa shape index (κ1) is 8.42. The van der Waals surface area contributed by atoms with Gasteiger partial charge in [0.05, 0.1) is 5.69 Å². The fourth-order valence-corrected chi connectivity index (χ4v) is 2.16. The highest BCUT2D eigenvalue weighted by atomic mass is 16.3. The van der Waals surface area contributed by atoms with Gasteiger partial charge in [0.1, 0.15) is 5.75 Å². The quantitative estimate of drug-likeness (QED) is 0.511. The monoisotopic (exact) mass is 177 g/mol. The minimum absolute atomic E-state index is 0.226. The first-order chi connectivity index (χ1) is 6.29. The number of phenolic OH excluding ortho intramolecular Hbond substituents is 1. The highest BCUT2D eigenvalue weighted by Crippen LogP contribution is 2.39. The molecule has 2 rings (SSSR count). The van der Waals surface area contributed by atoms with Crippen LogP contribution < -0.4 is 5.73 Å². The van der Waals surface area contributed by atoms with Gasteiger partial charge in [0, 0.05) is 0 Å². The molecule has 2 heteroatoms. The summed E-state index contributed by atoms with van der Waals surface area (Å²) in [5.74, 6) is 0.802. The topological polar surface area (TPSA) is 46.2 Å². The van der Waals surface area contributed by atoms with E-state index in [0.717, 1.165) is 5.56 Å². The van der Waals surface area contributed by atoms with E-state index in [1.54, 1.807) is 6.07 Å². The van der Waals surface area contributed by atoms with E-state index in [-0.39, 0.29) is 5.75 Å². The molecule has 0 heterocycles. The van der Waals surface area contributed by atoms with Crippen LogP contribution >= 0.6 is 0 Å². The van der Waals surface area contributed by atoms with Gasteiger partial charge in [0.25, 0.3) is 0 Å². The van der Waals surface area contributed by atoms with Gasteiger partial charge in [-0.15, -0.1) is 0 Å². The zero-order valence-corrected chi connectivity index (χ0v) is 7.66. The van der Waals surface area contributed by atoms with E-state index < -0.39 is 0 Å². The van der Waals surface area contributed by atoms with Crippen molar-refractivity contribution < 1.29 is 5.11 Å². The van der Waals surface area contributed by atoms with E-state index in [1.165, 1.54) is 25.7 Å². The van der Waals surface area contributed by atoms with Crippen LogP contribution in [0.15, 0.2) is 18.2 Å². The Morgan fingerprint density at radius 2 is 1.92 bits per heavy atom. The summed E-state index contributed by atoms with van der Waals surface area (Å²) in [5, 5.41) is 9.44. The molecule has 1 aromatic rings. The average molecular weight is 177 g/mol. The van der Waals surface area contributed by atoms with Crippen molar-refractivity contribution >= 4 is 5.69 Å². The Hall–Kier alpha value is -1.18. The summed E-state index contributed by atoms with van der Waals surface area (Å²) in [5.41, 5.74) is 7.53. The third-order valence-corrected chi connectivity index (χ3v) is 2.91. The van der Waals surface area contributed by atoms with Crippen LogP contribution in [0.3, 0.4) is 0 Å². The Morgan fingerprint density at radius 1 is 1.23 bits per heavy atom. The molecule has 70 valence electrons. The first-order valence-corrected chi connectivity index (χ1v) is 4.86. The molecule has 0 amide bonds. The second-order valence-corrected chi connectivity index (χ2v) is 3.76. The van der Waals surface area contributed by atoms with E-state index in [1.807, 2.05) is 12.1 Å². The van der Waals surface area contributed by atoms with Gasteiger partial charge < -0.3 is 10.8 Å². The molecule has 0 unspecified atom stereocenters. The highest BCUT2D eigenvalue weighted by molar-refractivity contribution is 5.59. The number of nitrogens with two attached hydrogens (primary N) is 1. The second kappa shape index (κ2) is 3.29. The second-order valence-electron chi connectivity index (χ2n) is 3.76. The molecule has 0 spiro atoms. The molecule has 0 saturated heterocycles. The van der Waals surface area contributed by atoms with E-state index in [4.69, 9.17) is 5.73 Å². The van der Waals surface area contributed by atoms with Gasteiger partial charge >= 0.3 is 0 Å². The number of nitrogen functional groups attached to an aromatic ring is 1. The van der Waals surface area contributed by atoms with Crippen LogP contribution in [0, 0.1) is 0 Å². The van der Waals surface area contributed by atoms with Crippen LogP contribution in [0.5, 0.6) is 5.75 Å². The summed E-state index contributed by atoms with van der Waals surface area (Å²) < 4.78 is 0. The number of rotatable bonds is 1. The van der Waals surface area contributed by atoms with Crippen LogP contribution in [0.25, 0.3) is 0 Å². The Kier molecular flexibility index (Phi) is 2.13. The van der Waals surface area contributed by atoms with E-state index in [2.05, 4.69) is 0 Å². The predicted molar refractivity (Wildman–Crippen MR) is 53.7 cm³/mol. The smallest absolute Gasteiger partial charge is 0.138 e. The van der Waals surface area contributed by atoms with Gasteiger partial charge in [-0.3, -0.25) is 0 Å². The number of aromatic hydroxyl groups is 1. The summed E-state index contributed by atoms with van der Waals surface area (Å²) in [7, 11) is 0. The molecule has 0 radical (unpaired) electrons. The Labute approximate surface area is 78.4 Å². The molecule has 0 aromatic heterocycles. The molecule has 2 nitrogen and oxygen atoms in total. The van der Waals surface area contributed by atoms with Gasteiger partial charge in [-0.1, -0.05) is 25.0 Å². The molecule has 0 aliphatic heterocycles. The molecule has 0 bridgehead atoms. The summed E-state index contributed by atoms with van der Waals surface area (Å²) in [6, 6.07) is 5.55. The first-order valence-electron chi connectivity index (χ1n) is 4.86. The SMILES string of the molecule is Nc1c(O)cccc1C1CCCC1. The van der Waals surface area contributed by atoms with Crippen molar-refractivity contribution in [2.75, 3.05) is 5.73 Å². The number of phenols is 1. The summed E-state index contributed by atoms with van der Waals surface area (Å²) in [6.07, 6.45) is 5.01. The number of para-hydroxylation sites is 1. The van der Waals surface area contributed by atoms with Crippen molar-refractivity contribution in [2.24, 2.45) is 0 Å². The van der Waals surface area contributed by atoms with Crippen LogP contribution in [0.4, 0.5) is 5.69 Å². The standard InChI is InChI=1S/C11H15NO/c12-11-9(6-3-7-10(11)13)8-4-1-2-5-8/h3,6-8,13H,1-2,4-5,12H2. The average Bonchev–Trinajstić information content (AvgIpc) is 2.62. The van der Waals surface area contributed by atoms with Crippen molar-refractivity contribution in [3.8, 4) is 5.75 Å². The highest BCUT2D eigenvalue weighted by Gasteiger charge is 2.19. The van der Waals surface area contributed by atoms with Crippen molar-refractivity contribution in [1.82, 2.24) is 0 Å². The lowest BCUT2D eigenvalue weighted by atomic mass is 9.96. The number of anilines is 1. The minimum atomic E-state index is 0.226. The van der Waals surface area contributed by atoms with Gasteiger partial charge in [-0.05, 0) is 30.4 Å². The maximum atomic E-state index is 9.44. The van der Waals surface area contributed by atoms with Gasteiger partial charge in [0.2, 0.25) is 0 Å². The fourth-order valence-electron chi connectivity index (χ4n) is 2.16. The van der Waals surface area contributed by atoms with Crippen molar-refractivity contribution in [2.45, 2.75) is 31.6 Å². The Bertz CT molecular complexity index is 303. The molecular weight excluding hydrogens is 162 g/mol. The van der Waals surface area contributed by atoms with E-state index >= 15 is 0 Å².